The lowest BCUT2D eigenvalue weighted by Crippen LogP contribution is -2.26. The maximum Gasteiger partial charge on any atom is 0.252 e. The zero-order valence-electron chi connectivity index (χ0n) is 10.7. The fraction of sp³-hybridized carbons (Fsp3) is 0.214. The van der Waals surface area contributed by atoms with Crippen LogP contribution in [0.25, 0.3) is 0 Å². The van der Waals surface area contributed by atoms with E-state index in [2.05, 4.69) is 5.32 Å². The smallest absolute Gasteiger partial charge is 0.252 e. The summed E-state index contributed by atoms with van der Waals surface area (Å²) in [5.74, 6) is 0.504. The maximum atomic E-state index is 12.0. The monoisotopic (exact) mass is 261 g/mol. The van der Waals surface area contributed by atoms with Crippen molar-refractivity contribution in [2.24, 2.45) is 0 Å². The van der Waals surface area contributed by atoms with E-state index in [9.17, 15) is 15.0 Å². The maximum absolute atomic E-state index is 12.0. The minimum atomic E-state index is -0.350. The Morgan fingerprint density at radius 1 is 1.21 bits per heavy atom. The molecule has 0 saturated heterocycles. The molecule has 1 amide bonds. The van der Waals surface area contributed by atoms with Gasteiger partial charge in [0.05, 0.1) is 6.04 Å². The Morgan fingerprint density at radius 3 is 2.53 bits per heavy atom. The molecule has 1 heterocycles. The van der Waals surface area contributed by atoms with E-state index in [1.165, 1.54) is 18.2 Å². The first kappa shape index (κ1) is 13.0. The van der Waals surface area contributed by atoms with Crippen LogP contribution in [0.1, 0.15) is 34.8 Å². The second kappa shape index (κ2) is 5.06. The molecule has 19 heavy (non-hydrogen) atoms. The third-order valence-corrected chi connectivity index (χ3v) is 2.77. The van der Waals surface area contributed by atoms with Crippen LogP contribution in [-0.4, -0.2) is 16.1 Å². The van der Waals surface area contributed by atoms with Gasteiger partial charge in [-0.15, -0.1) is 0 Å². The van der Waals surface area contributed by atoms with Crippen LogP contribution >= 0.6 is 0 Å². The highest BCUT2D eigenvalue weighted by Crippen LogP contribution is 2.25. The summed E-state index contributed by atoms with van der Waals surface area (Å²) in [6.07, 6.45) is 0. The number of benzene rings is 1. The van der Waals surface area contributed by atoms with E-state index in [0.717, 1.165) is 5.76 Å². The molecule has 1 unspecified atom stereocenters. The van der Waals surface area contributed by atoms with Crippen molar-refractivity contribution >= 4 is 5.91 Å². The number of rotatable bonds is 3. The lowest BCUT2D eigenvalue weighted by atomic mass is 10.1. The summed E-state index contributed by atoms with van der Waals surface area (Å²) in [4.78, 5) is 12.0. The highest BCUT2D eigenvalue weighted by molar-refractivity contribution is 5.95. The summed E-state index contributed by atoms with van der Waals surface area (Å²) in [6.45, 7) is 3.63. The van der Waals surface area contributed by atoms with E-state index in [4.69, 9.17) is 4.42 Å². The molecule has 0 aliphatic rings. The van der Waals surface area contributed by atoms with Crippen LogP contribution < -0.4 is 5.32 Å². The number of furan rings is 1. The molecule has 5 heteroatoms. The van der Waals surface area contributed by atoms with Crippen molar-refractivity contribution in [3.05, 3.63) is 47.4 Å². The number of amides is 1. The Labute approximate surface area is 110 Å². The van der Waals surface area contributed by atoms with Crippen LogP contribution in [0.3, 0.4) is 0 Å². The second-order valence-corrected chi connectivity index (χ2v) is 4.35. The van der Waals surface area contributed by atoms with E-state index >= 15 is 0 Å². The van der Waals surface area contributed by atoms with Crippen LogP contribution in [0.4, 0.5) is 0 Å². The molecule has 100 valence electrons. The summed E-state index contributed by atoms with van der Waals surface area (Å²) in [5, 5.41) is 21.3. The predicted octanol–water partition coefficient (Wildman–Crippen LogP) is 2.49. The van der Waals surface area contributed by atoms with Gasteiger partial charge in [0.1, 0.15) is 11.5 Å². The molecule has 3 N–H and O–H groups in total. The SMILES string of the molecule is Cc1ccc(C(C)NC(=O)c2ccc(O)c(O)c2)o1. The highest BCUT2D eigenvalue weighted by Gasteiger charge is 2.15. The van der Waals surface area contributed by atoms with Crippen molar-refractivity contribution in [2.75, 3.05) is 0 Å². The van der Waals surface area contributed by atoms with E-state index in [1.54, 1.807) is 13.0 Å². The summed E-state index contributed by atoms with van der Waals surface area (Å²) < 4.78 is 5.42. The molecule has 1 aromatic carbocycles. The molecule has 1 aromatic heterocycles. The molecule has 5 nitrogen and oxygen atoms in total. The fourth-order valence-electron chi connectivity index (χ4n) is 1.70. The first-order valence-electron chi connectivity index (χ1n) is 5.86. The van der Waals surface area contributed by atoms with E-state index in [1.807, 2.05) is 13.0 Å². The number of phenolic OH excluding ortho intramolecular Hbond substituents is 2. The summed E-state index contributed by atoms with van der Waals surface area (Å²) >= 11 is 0. The lowest BCUT2D eigenvalue weighted by molar-refractivity contribution is 0.0934. The Balaban J connectivity index is 2.10. The van der Waals surface area contributed by atoms with Gasteiger partial charge in [-0.2, -0.15) is 0 Å². The summed E-state index contributed by atoms with van der Waals surface area (Å²) in [6, 6.07) is 7.26. The van der Waals surface area contributed by atoms with Crippen molar-refractivity contribution < 1.29 is 19.4 Å². The first-order valence-corrected chi connectivity index (χ1v) is 5.86. The van der Waals surface area contributed by atoms with E-state index < -0.39 is 0 Å². The average molecular weight is 261 g/mol. The van der Waals surface area contributed by atoms with Gasteiger partial charge in [-0.05, 0) is 44.2 Å². The molecule has 0 bridgehead atoms. The average Bonchev–Trinajstić information content (AvgIpc) is 2.79. The molecule has 2 rings (SSSR count). The quantitative estimate of drug-likeness (QED) is 0.741. The van der Waals surface area contributed by atoms with Gasteiger partial charge in [-0.25, -0.2) is 0 Å². The van der Waals surface area contributed by atoms with Gasteiger partial charge >= 0.3 is 0 Å². The largest absolute Gasteiger partial charge is 0.504 e. The van der Waals surface area contributed by atoms with Gasteiger partial charge in [-0.1, -0.05) is 0 Å². The van der Waals surface area contributed by atoms with Gasteiger partial charge in [0.15, 0.2) is 11.5 Å². The van der Waals surface area contributed by atoms with Crippen molar-refractivity contribution in [3.8, 4) is 11.5 Å². The number of carbonyl (C=O) groups is 1. The molecular formula is C14H15NO4. The molecule has 0 radical (unpaired) electrons. The summed E-state index contributed by atoms with van der Waals surface area (Å²) in [7, 11) is 0. The number of nitrogens with one attached hydrogen (secondary N) is 1. The summed E-state index contributed by atoms with van der Waals surface area (Å²) in [5.41, 5.74) is 0.269. The van der Waals surface area contributed by atoms with Gasteiger partial charge in [-0.3, -0.25) is 4.79 Å². The van der Waals surface area contributed by atoms with Gasteiger partial charge in [0, 0.05) is 5.56 Å². The Bertz CT molecular complexity index is 603. The molecule has 1 atom stereocenters. The topological polar surface area (TPSA) is 82.7 Å². The van der Waals surface area contributed by atoms with Gasteiger partial charge in [0.25, 0.3) is 5.91 Å². The Hall–Kier alpha value is -2.43. The van der Waals surface area contributed by atoms with Gasteiger partial charge < -0.3 is 19.9 Å². The number of aromatic hydroxyl groups is 2. The zero-order chi connectivity index (χ0) is 14.0. The Morgan fingerprint density at radius 2 is 1.95 bits per heavy atom. The Kier molecular flexibility index (Phi) is 3.46. The number of hydrogen-bond donors (Lipinski definition) is 3. The van der Waals surface area contributed by atoms with Crippen LogP contribution in [0.2, 0.25) is 0 Å². The van der Waals surface area contributed by atoms with Crippen LogP contribution in [0.15, 0.2) is 34.7 Å². The normalized spacial score (nSPS) is 12.1. The molecule has 0 aliphatic carbocycles. The predicted molar refractivity (Wildman–Crippen MR) is 69.1 cm³/mol. The van der Waals surface area contributed by atoms with Crippen molar-refractivity contribution in [2.45, 2.75) is 19.9 Å². The minimum Gasteiger partial charge on any atom is -0.504 e. The minimum absolute atomic E-state index is 0.258. The van der Waals surface area contributed by atoms with Crippen molar-refractivity contribution in [1.82, 2.24) is 5.32 Å². The highest BCUT2D eigenvalue weighted by atomic mass is 16.3. The van der Waals surface area contributed by atoms with E-state index in [-0.39, 0.29) is 29.0 Å². The second-order valence-electron chi connectivity index (χ2n) is 4.35. The third kappa shape index (κ3) is 2.88. The molecule has 0 aliphatic heterocycles. The number of hydrogen-bond acceptors (Lipinski definition) is 4. The molecule has 0 spiro atoms. The van der Waals surface area contributed by atoms with E-state index in [0.29, 0.717) is 5.76 Å². The third-order valence-electron chi connectivity index (χ3n) is 2.77. The molecule has 0 saturated carbocycles. The van der Waals surface area contributed by atoms with Gasteiger partial charge in [0.2, 0.25) is 0 Å². The fourth-order valence-corrected chi connectivity index (χ4v) is 1.70. The van der Waals surface area contributed by atoms with Crippen molar-refractivity contribution in [1.29, 1.82) is 0 Å². The number of carbonyl (C=O) groups excluding carboxylic acids is 1. The van der Waals surface area contributed by atoms with Crippen LogP contribution in [0.5, 0.6) is 11.5 Å². The molecule has 0 fully saturated rings. The zero-order valence-corrected chi connectivity index (χ0v) is 10.7. The molecule has 2 aromatic rings. The van der Waals surface area contributed by atoms with Crippen LogP contribution in [0, 0.1) is 6.92 Å². The first-order chi connectivity index (χ1) is 8.97. The number of phenols is 2. The standard InChI is InChI=1S/C14H15NO4/c1-8-3-6-13(19-8)9(2)15-14(18)10-4-5-11(16)12(17)7-10/h3-7,9,16-17H,1-2H3,(H,15,18). The lowest BCUT2D eigenvalue weighted by Gasteiger charge is -2.11. The molecular weight excluding hydrogens is 246 g/mol. The number of aryl methyl sites for hydroxylation is 1. The van der Waals surface area contributed by atoms with Crippen LogP contribution in [-0.2, 0) is 0 Å². The van der Waals surface area contributed by atoms with Crippen molar-refractivity contribution in [3.63, 3.8) is 0 Å².